The summed E-state index contributed by atoms with van der Waals surface area (Å²) in [6.07, 6.45) is 2.66. The highest BCUT2D eigenvalue weighted by molar-refractivity contribution is 5.76. The van der Waals surface area contributed by atoms with Crippen LogP contribution >= 0.6 is 0 Å². The van der Waals surface area contributed by atoms with Gasteiger partial charge in [0.2, 0.25) is 5.91 Å². The van der Waals surface area contributed by atoms with Crippen LogP contribution in [0.25, 0.3) is 11.3 Å². The molecule has 1 aliphatic rings. The molecular weight excluding hydrogens is 295 g/mol. The first-order valence-corrected chi connectivity index (χ1v) is 8.00. The van der Waals surface area contributed by atoms with Crippen molar-refractivity contribution < 1.29 is 13.6 Å². The van der Waals surface area contributed by atoms with Crippen molar-refractivity contribution in [3.05, 3.63) is 48.0 Å². The molecule has 1 aromatic carbocycles. The Balaban J connectivity index is 1.57. The van der Waals surface area contributed by atoms with Crippen molar-refractivity contribution in [3.63, 3.8) is 0 Å². The third-order valence-corrected chi connectivity index (χ3v) is 4.28. The Morgan fingerprint density at radius 2 is 1.96 bits per heavy atom. The maximum Gasteiger partial charge on any atom is 0.223 e. The lowest BCUT2D eigenvalue weighted by molar-refractivity contribution is -0.132. The number of aryl methyl sites for hydroxylation is 1. The van der Waals surface area contributed by atoms with Gasteiger partial charge in [-0.25, -0.2) is 4.39 Å². The van der Waals surface area contributed by atoms with Crippen LogP contribution in [0.15, 0.2) is 40.8 Å². The largest absolute Gasteiger partial charge is 0.461 e. The van der Waals surface area contributed by atoms with Crippen LogP contribution in [-0.2, 0) is 11.2 Å². The highest BCUT2D eigenvalue weighted by Gasteiger charge is 2.20. The number of nitrogens with two attached hydrogens (primary N) is 1. The Bertz CT molecular complexity index is 675. The van der Waals surface area contributed by atoms with Gasteiger partial charge in [0.25, 0.3) is 0 Å². The van der Waals surface area contributed by atoms with Gasteiger partial charge in [0.15, 0.2) is 0 Å². The zero-order chi connectivity index (χ0) is 16.2. The summed E-state index contributed by atoms with van der Waals surface area (Å²) in [6.45, 7) is 1.47. The first-order chi connectivity index (χ1) is 11.1. The van der Waals surface area contributed by atoms with Crippen LogP contribution < -0.4 is 5.73 Å². The van der Waals surface area contributed by atoms with Crippen LogP contribution in [0.5, 0.6) is 0 Å². The van der Waals surface area contributed by atoms with Crippen molar-refractivity contribution in [2.45, 2.75) is 31.7 Å². The van der Waals surface area contributed by atoms with Crippen molar-refractivity contribution in [1.82, 2.24) is 4.90 Å². The Morgan fingerprint density at radius 1 is 1.22 bits per heavy atom. The molecule has 3 rings (SSSR count). The zero-order valence-electron chi connectivity index (χ0n) is 13.0. The van der Waals surface area contributed by atoms with E-state index in [0.717, 1.165) is 25.9 Å². The molecule has 0 unspecified atom stereocenters. The number of hydrogen-bond donors (Lipinski definition) is 1. The lowest BCUT2D eigenvalue weighted by atomic mass is 10.1. The number of carbonyl (C=O) groups excluding carboxylic acids is 1. The molecule has 1 aromatic heterocycles. The number of benzene rings is 1. The number of amides is 1. The predicted octanol–water partition coefficient (Wildman–Crippen LogP) is 2.97. The summed E-state index contributed by atoms with van der Waals surface area (Å²) in [7, 11) is 0. The van der Waals surface area contributed by atoms with E-state index in [4.69, 9.17) is 10.2 Å². The van der Waals surface area contributed by atoms with E-state index >= 15 is 0 Å². The lowest BCUT2D eigenvalue weighted by Crippen LogP contribution is -2.42. The van der Waals surface area contributed by atoms with Crippen molar-refractivity contribution >= 4 is 5.91 Å². The van der Waals surface area contributed by atoms with Crippen LogP contribution in [0.2, 0.25) is 0 Å². The fraction of sp³-hybridized carbons (Fsp3) is 0.389. The van der Waals surface area contributed by atoms with Gasteiger partial charge in [0.05, 0.1) is 5.56 Å². The van der Waals surface area contributed by atoms with E-state index in [1.807, 2.05) is 4.90 Å². The third kappa shape index (κ3) is 3.79. The summed E-state index contributed by atoms with van der Waals surface area (Å²) in [5.41, 5.74) is 6.29. The quantitative estimate of drug-likeness (QED) is 0.943. The summed E-state index contributed by atoms with van der Waals surface area (Å²) in [4.78, 5) is 14.1. The monoisotopic (exact) mass is 316 g/mol. The number of carbonyl (C=O) groups is 1. The molecule has 23 heavy (non-hydrogen) atoms. The van der Waals surface area contributed by atoms with Crippen LogP contribution in [-0.4, -0.2) is 29.9 Å². The van der Waals surface area contributed by atoms with Crippen LogP contribution in [0.4, 0.5) is 4.39 Å². The summed E-state index contributed by atoms with van der Waals surface area (Å²) < 4.78 is 19.4. The van der Waals surface area contributed by atoms with Crippen LogP contribution in [0, 0.1) is 5.82 Å². The average Bonchev–Trinajstić information content (AvgIpc) is 3.02. The Hall–Kier alpha value is -2.14. The molecule has 0 bridgehead atoms. The maximum absolute atomic E-state index is 13.7. The Morgan fingerprint density at radius 3 is 2.70 bits per heavy atom. The minimum atomic E-state index is -0.311. The molecule has 0 aliphatic carbocycles. The molecule has 2 heterocycles. The van der Waals surface area contributed by atoms with Gasteiger partial charge in [0.1, 0.15) is 17.3 Å². The highest BCUT2D eigenvalue weighted by Crippen LogP contribution is 2.25. The first kappa shape index (κ1) is 15.7. The minimum absolute atomic E-state index is 0.126. The van der Waals surface area contributed by atoms with Gasteiger partial charge in [0, 0.05) is 32.0 Å². The molecule has 5 heteroatoms. The molecule has 0 spiro atoms. The summed E-state index contributed by atoms with van der Waals surface area (Å²) >= 11 is 0. The van der Waals surface area contributed by atoms with E-state index in [-0.39, 0.29) is 17.8 Å². The Labute approximate surface area is 135 Å². The molecule has 0 atom stereocenters. The number of nitrogens with zero attached hydrogens (tertiary/aromatic N) is 1. The van der Waals surface area contributed by atoms with E-state index < -0.39 is 0 Å². The number of likely N-dealkylation sites (tertiary alicyclic amines) is 1. The van der Waals surface area contributed by atoms with Gasteiger partial charge >= 0.3 is 0 Å². The maximum atomic E-state index is 13.7. The van der Waals surface area contributed by atoms with Gasteiger partial charge in [-0.2, -0.15) is 0 Å². The van der Waals surface area contributed by atoms with Crippen molar-refractivity contribution in [2.24, 2.45) is 5.73 Å². The van der Waals surface area contributed by atoms with E-state index in [2.05, 4.69) is 0 Å². The summed E-state index contributed by atoms with van der Waals surface area (Å²) in [6, 6.07) is 10.3. The van der Waals surface area contributed by atoms with Gasteiger partial charge in [-0.05, 0) is 37.1 Å². The fourth-order valence-electron chi connectivity index (χ4n) is 2.86. The molecular formula is C18H21FN2O2. The topological polar surface area (TPSA) is 59.5 Å². The molecule has 0 radical (unpaired) electrons. The standard InChI is InChI=1S/C18H21FN2O2/c19-16-4-2-1-3-15(16)17-7-5-14(23-17)6-8-18(22)21-11-9-13(20)10-12-21/h1-5,7,13H,6,8-12,20H2. The first-order valence-electron chi connectivity index (χ1n) is 8.00. The number of hydrogen-bond acceptors (Lipinski definition) is 3. The molecule has 1 aliphatic heterocycles. The molecule has 2 N–H and O–H groups in total. The second-order valence-corrected chi connectivity index (χ2v) is 5.96. The second-order valence-electron chi connectivity index (χ2n) is 5.96. The molecule has 122 valence electrons. The lowest BCUT2D eigenvalue weighted by Gasteiger charge is -2.30. The normalized spacial score (nSPS) is 15.8. The number of rotatable bonds is 4. The molecule has 4 nitrogen and oxygen atoms in total. The van der Waals surface area contributed by atoms with E-state index in [9.17, 15) is 9.18 Å². The van der Waals surface area contributed by atoms with Gasteiger partial charge in [-0.1, -0.05) is 12.1 Å². The van der Waals surface area contributed by atoms with Crippen molar-refractivity contribution in [1.29, 1.82) is 0 Å². The van der Waals surface area contributed by atoms with Crippen molar-refractivity contribution in [3.8, 4) is 11.3 Å². The van der Waals surface area contributed by atoms with E-state index in [1.165, 1.54) is 6.07 Å². The molecule has 1 saturated heterocycles. The van der Waals surface area contributed by atoms with Crippen LogP contribution in [0.3, 0.4) is 0 Å². The molecule has 2 aromatic rings. The van der Waals surface area contributed by atoms with E-state index in [1.54, 1.807) is 30.3 Å². The SMILES string of the molecule is NC1CCN(C(=O)CCc2ccc(-c3ccccc3F)o2)CC1. The molecule has 0 saturated carbocycles. The third-order valence-electron chi connectivity index (χ3n) is 4.28. The summed E-state index contributed by atoms with van der Waals surface area (Å²) in [5, 5.41) is 0. The average molecular weight is 316 g/mol. The molecule has 1 fully saturated rings. The zero-order valence-corrected chi connectivity index (χ0v) is 13.0. The summed E-state index contributed by atoms with van der Waals surface area (Å²) in [5.74, 6) is 1.01. The number of halogens is 1. The molecule has 1 amide bonds. The fourth-order valence-corrected chi connectivity index (χ4v) is 2.86. The van der Waals surface area contributed by atoms with Crippen molar-refractivity contribution in [2.75, 3.05) is 13.1 Å². The van der Waals surface area contributed by atoms with Crippen LogP contribution in [0.1, 0.15) is 25.0 Å². The predicted molar refractivity (Wildman–Crippen MR) is 86.2 cm³/mol. The smallest absolute Gasteiger partial charge is 0.223 e. The van der Waals surface area contributed by atoms with Gasteiger partial charge in [-0.15, -0.1) is 0 Å². The Kier molecular flexibility index (Phi) is 4.76. The van der Waals surface area contributed by atoms with E-state index in [0.29, 0.717) is 29.9 Å². The number of piperidine rings is 1. The highest BCUT2D eigenvalue weighted by atomic mass is 19.1. The minimum Gasteiger partial charge on any atom is -0.461 e. The van der Waals surface area contributed by atoms with Gasteiger partial charge < -0.3 is 15.1 Å². The van der Waals surface area contributed by atoms with Gasteiger partial charge in [-0.3, -0.25) is 4.79 Å². The number of furan rings is 1. The second kappa shape index (κ2) is 6.96.